The van der Waals surface area contributed by atoms with Crippen molar-refractivity contribution in [1.29, 1.82) is 0 Å². The summed E-state index contributed by atoms with van der Waals surface area (Å²) in [5, 5.41) is 2.78. The van der Waals surface area contributed by atoms with E-state index in [-0.39, 0.29) is 17.4 Å². The second kappa shape index (κ2) is 7.98. The quantitative estimate of drug-likeness (QED) is 0.812. The van der Waals surface area contributed by atoms with Crippen molar-refractivity contribution in [2.75, 3.05) is 26.2 Å². The first kappa shape index (κ1) is 18.7. The summed E-state index contributed by atoms with van der Waals surface area (Å²) in [4.78, 5) is 12.0. The fourth-order valence-corrected chi connectivity index (χ4v) is 4.14. The van der Waals surface area contributed by atoms with Crippen LogP contribution in [0.4, 0.5) is 0 Å². The Balaban J connectivity index is 2.00. The summed E-state index contributed by atoms with van der Waals surface area (Å²) < 4.78 is 32.1. The lowest BCUT2D eigenvalue weighted by Crippen LogP contribution is -2.31. The van der Waals surface area contributed by atoms with E-state index in [9.17, 15) is 13.2 Å². The maximum atomic E-state index is 12.5. The molecule has 0 radical (unpaired) electrons. The molecule has 0 unspecified atom stereocenters. The van der Waals surface area contributed by atoms with Gasteiger partial charge < -0.3 is 10.1 Å². The van der Waals surface area contributed by atoms with Crippen LogP contribution in [0, 0.1) is 12.8 Å². The number of ether oxygens (including phenoxy) is 1. The number of sulfonamides is 1. The lowest BCUT2D eigenvalue weighted by Gasteiger charge is -2.17. The van der Waals surface area contributed by atoms with E-state index in [0.717, 1.165) is 12.8 Å². The zero-order chi connectivity index (χ0) is 17.7. The van der Waals surface area contributed by atoms with Gasteiger partial charge in [0.15, 0.2) is 6.61 Å². The molecule has 1 fully saturated rings. The molecule has 0 atom stereocenters. The monoisotopic (exact) mass is 354 g/mol. The van der Waals surface area contributed by atoms with Crippen molar-refractivity contribution in [2.24, 2.45) is 5.92 Å². The Hall–Kier alpha value is -1.60. The minimum atomic E-state index is -3.43. The highest BCUT2D eigenvalue weighted by Gasteiger charge is 2.27. The maximum Gasteiger partial charge on any atom is 0.257 e. The standard InChI is InChI=1S/C17H26N2O4S/c1-13(2)11-18-17(20)12-23-16-7-6-15(10-14(16)3)24(21,22)19-8-4-5-9-19/h6-7,10,13H,4-5,8-9,11-12H2,1-3H3,(H,18,20). The van der Waals surface area contributed by atoms with Gasteiger partial charge in [-0.25, -0.2) is 8.42 Å². The third-order valence-corrected chi connectivity index (χ3v) is 5.81. The van der Waals surface area contributed by atoms with Gasteiger partial charge in [-0.1, -0.05) is 13.8 Å². The molecule has 1 aromatic rings. The van der Waals surface area contributed by atoms with Crippen LogP contribution in [-0.2, 0) is 14.8 Å². The molecule has 2 rings (SSSR count). The number of nitrogens with one attached hydrogen (secondary N) is 1. The van der Waals surface area contributed by atoms with Crippen LogP contribution in [0.15, 0.2) is 23.1 Å². The van der Waals surface area contributed by atoms with Crippen LogP contribution in [0.5, 0.6) is 5.75 Å². The second-order valence-corrected chi connectivity index (χ2v) is 8.46. The maximum absolute atomic E-state index is 12.5. The number of aryl methyl sites for hydroxylation is 1. The van der Waals surface area contributed by atoms with Crippen LogP contribution in [-0.4, -0.2) is 44.9 Å². The Morgan fingerprint density at radius 1 is 1.29 bits per heavy atom. The smallest absolute Gasteiger partial charge is 0.257 e. The Morgan fingerprint density at radius 3 is 2.54 bits per heavy atom. The van der Waals surface area contributed by atoms with Gasteiger partial charge in [0.05, 0.1) is 4.90 Å². The highest BCUT2D eigenvalue weighted by atomic mass is 32.2. The minimum Gasteiger partial charge on any atom is -0.484 e. The minimum absolute atomic E-state index is 0.0776. The topological polar surface area (TPSA) is 75.7 Å². The SMILES string of the molecule is Cc1cc(S(=O)(=O)N2CCCC2)ccc1OCC(=O)NCC(C)C. The van der Waals surface area contributed by atoms with E-state index in [1.807, 2.05) is 13.8 Å². The zero-order valence-electron chi connectivity index (χ0n) is 14.5. The highest BCUT2D eigenvalue weighted by molar-refractivity contribution is 7.89. The summed E-state index contributed by atoms with van der Waals surface area (Å²) in [5.74, 6) is 0.720. The first-order valence-corrected chi connectivity index (χ1v) is 9.75. The van der Waals surface area contributed by atoms with Crippen molar-refractivity contribution < 1.29 is 17.9 Å². The van der Waals surface area contributed by atoms with Crippen LogP contribution in [0.25, 0.3) is 0 Å². The molecule has 24 heavy (non-hydrogen) atoms. The lowest BCUT2D eigenvalue weighted by molar-refractivity contribution is -0.123. The molecule has 1 aliphatic rings. The summed E-state index contributed by atoms with van der Waals surface area (Å²) in [6.45, 7) is 7.51. The summed E-state index contributed by atoms with van der Waals surface area (Å²) in [6, 6.07) is 4.77. The number of carbonyl (C=O) groups excluding carboxylic acids is 1. The molecule has 1 amide bonds. The van der Waals surface area contributed by atoms with Crippen molar-refractivity contribution in [2.45, 2.75) is 38.5 Å². The molecule has 1 aromatic carbocycles. The molecule has 1 aliphatic heterocycles. The lowest BCUT2D eigenvalue weighted by atomic mass is 10.2. The number of hydrogen-bond acceptors (Lipinski definition) is 4. The van der Waals surface area contributed by atoms with Crippen LogP contribution in [0.2, 0.25) is 0 Å². The molecule has 1 N–H and O–H groups in total. The first-order valence-electron chi connectivity index (χ1n) is 8.31. The molecule has 1 heterocycles. The number of rotatable bonds is 7. The van der Waals surface area contributed by atoms with Gasteiger partial charge in [-0.15, -0.1) is 0 Å². The zero-order valence-corrected chi connectivity index (χ0v) is 15.4. The molecule has 7 heteroatoms. The Kier molecular flexibility index (Phi) is 6.23. The Morgan fingerprint density at radius 2 is 1.96 bits per heavy atom. The van der Waals surface area contributed by atoms with Crippen molar-refractivity contribution in [3.63, 3.8) is 0 Å². The summed E-state index contributed by atoms with van der Waals surface area (Å²) in [7, 11) is -3.43. The summed E-state index contributed by atoms with van der Waals surface area (Å²) in [5.41, 5.74) is 0.701. The predicted molar refractivity (Wildman–Crippen MR) is 92.5 cm³/mol. The van der Waals surface area contributed by atoms with Crippen molar-refractivity contribution in [3.8, 4) is 5.75 Å². The van der Waals surface area contributed by atoms with E-state index in [4.69, 9.17) is 4.74 Å². The van der Waals surface area contributed by atoms with Crippen LogP contribution < -0.4 is 10.1 Å². The number of amides is 1. The van der Waals surface area contributed by atoms with Crippen LogP contribution >= 0.6 is 0 Å². The highest BCUT2D eigenvalue weighted by Crippen LogP contribution is 2.26. The molecule has 0 bridgehead atoms. The number of nitrogens with zero attached hydrogens (tertiary/aromatic N) is 1. The van der Waals surface area contributed by atoms with Gasteiger partial charge in [0.2, 0.25) is 10.0 Å². The number of benzene rings is 1. The molecule has 0 aliphatic carbocycles. The largest absolute Gasteiger partial charge is 0.484 e. The fraction of sp³-hybridized carbons (Fsp3) is 0.588. The van der Waals surface area contributed by atoms with Gasteiger partial charge in [0.25, 0.3) is 5.91 Å². The molecule has 134 valence electrons. The average molecular weight is 354 g/mol. The molecule has 0 aromatic heterocycles. The number of hydrogen-bond donors (Lipinski definition) is 1. The number of carbonyl (C=O) groups is 1. The summed E-state index contributed by atoms with van der Waals surface area (Å²) >= 11 is 0. The van der Waals surface area contributed by atoms with Gasteiger partial charge >= 0.3 is 0 Å². The van der Waals surface area contributed by atoms with Crippen molar-refractivity contribution in [1.82, 2.24) is 9.62 Å². The Bertz CT molecular complexity index is 680. The fourth-order valence-electron chi connectivity index (χ4n) is 2.53. The van der Waals surface area contributed by atoms with E-state index in [1.54, 1.807) is 25.1 Å². The van der Waals surface area contributed by atoms with E-state index >= 15 is 0 Å². The summed E-state index contributed by atoms with van der Waals surface area (Å²) in [6.07, 6.45) is 1.82. The molecule has 0 saturated carbocycles. The molecular formula is C17H26N2O4S. The molecular weight excluding hydrogens is 328 g/mol. The molecule has 6 nitrogen and oxygen atoms in total. The Labute approximate surface area is 144 Å². The van der Waals surface area contributed by atoms with Crippen molar-refractivity contribution in [3.05, 3.63) is 23.8 Å². The average Bonchev–Trinajstić information content (AvgIpc) is 3.06. The van der Waals surface area contributed by atoms with Gasteiger partial charge in [0.1, 0.15) is 5.75 Å². The van der Waals surface area contributed by atoms with Gasteiger partial charge in [-0.05, 0) is 49.4 Å². The third-order valence-electron chi connectivity index (χ3n) is 3.92. The predicted octanol–water partition coefficient (Wildman–Crippen LogP) is 1.93. The third kappa shape index (κ3) is 4.70. The van der Waals surface area contributed by atoms with E-state index in [1.165, 1.54) is 4.31 Å². The van der Waals surface area contributed by atoms with Crippen LogP contribution in [0.3, 0.4) is 0 Å². The first-order chi connectivity index (χ1) is 11.3. The second-order valence-electron chi connectivity index (χ2n) is 6.53. The molecule has 0 spiro atoms. The molecule has 1 saturated heterocycles. The van der Waals surface area contributed by atoms with Gasteiger partial charge in [-0.2, -0.15) is 4.31 Å². The van der Waals surface area contributed by atoms with Gasteiger partial charge in [0, 0.05) is 19.6 Å². The van der Waals surface area contributed by atoms with E-state index in [2.05, 4.69) is 5.32 Å². The van der Waals surface area contributed by atoms with Crippen molar-refractivity contribution >= 4 is 15.9 Å². The van der Waals surface area contributed by atoms with Crippen LogP contribution in [0.1, 0.15) is 32.3 Å². The van der Waals surface area contributed by atoms with E-state index in [0.29, 0.717) is 36.9 Å². The normalized spacial score (nSPS) is 15.7. The van der Waals surface area contributed by atoms with Gasteiger partial charge in [-0.3, -0.25) is 4.79 Å². The van der Waals surface area contributed by atoms with E-state index < -0.39 is 10.0 Å².